The largest absolute Gasteiger partial charge is 0.392 e. The number of hydrogen-bond donors (Lipinski definition) is 3. The molecule has 0 heterocycles. The van der Waals surface area contributed by atoms with Crippen molar-refractivity contribution in [2.75, 3.05) is 11.9 Å². The molecular formula is C13H20N2O2. The molecule has 17 heavy (non-hydrogen) atoms. The lowest BCUT2D eigenvalue weighted by atomic mass is 10.2. The molecule has 4 nitrogen and oxygen atoms in total. The number of benzene rings is 1. The normalized spacial score (nSPS) is 14.1. The molecule has 0 aliphatic rings. The second-order valence-corrected chi connectivity index (χ2v) is 4.33. The zero-order chi connectivity index (χ0) is 12.8. The van der Waals surface area contributed by atoms with E-state index >= 15 is 0 Å². The van der Waals surface area contributed by atoms with Crippen LogP contribution in [-0.4, -0.2) is 29.7 Å². The highest BCUT2D eigenvalue weighted by atomic mass is 16.3. The van der Waals surface area contributed by atoms with Crippen LogP contribution >= 0.6 is 0 Å². The maximum atomic E-state index is 11.8. The Balaban J connectivity index is 2.45. The van der Waals surface area contributed by atoms with E-state index < -0.39 is 6.10 Å². The first kappa shape index (κ1) is 13.7. The Morgan fingerprint density at radius 3 is 2.41 bits per heavy atom. The lowest BCUT2D eigenvalue weighted by Crippen LogP contribution is -2.41. The van der Waals surface area contributed by atoms with Gasteiger partial charge in [0, 0.05) is 12.2 Å². The summed E-state index contributed by atoms with van der Waals surface area (Å²) in [6, 6.07) is 7.31. The Morgan fingerprint density at radius 1 is 1.29 bits per heavy atom. The van der Waals surface area contributed by atoms with Gasteiger partial charge in [-0.25, -0.2) is 0 Å². The summed E-state index contributed by atoms with van der Waals surface area (Å²) in [6.07, 6.45) is -0.454. The number of nitrogens with one attached hydrogen (secondary N) is 2. The van der Waals surface area contributed by atoms with Crippen LogP contribution in [0.1, 0.15) is 19.4 Å². The number of aryl methyl sites for hydroxylation is 1. The molecule has 4 heteroatoms. The zero-order valence-electron chi connectivity index (χ0n) is 10.5. The number of aliphatic hydroxyl groups excluding tert-OH is 1. The summed E-state index contributed by atoms with van der Waals surface area (Å²) >= 11 is 0. The third-order valence-corrected chi connectivity index (χ3v) is 2.43. The fourth-order valence-electron chi connectivity index (χ4n) is 1.33. The summed E-state index contributed by atoms with van der Waals surface area (Å²) in [5, 5.41) is 14.9. The molecule has 0 bridgehead atoms. The topological polar surface area (TPSA) is 61.4 Å². The Kier molecular flexibility index (Phi) is 5.12. The summed E-state index contributed by atoms with van der Waals surface area (Å²) in [6.45, 7) is 5.85. The number of aliphatic hydroxyl groups is 1. The predicted octanol–water partition coefficient (Wildman–Crippen LogP) is 1.29. The van der Waals surface area contributed by atoms with E-state index in [4.69, 9.17) is 5.11 Å². The average Bonchev–Trinajstić information content (AvgIpc) is 2.28. The molecule has 3 N–H and O–H groups in total. The van der Waals surface area contributed by atoms with Crippen molar-refractivity contribution in [2.24, 2.45) is 0 Å². The molecule has 0 saturated heterocycles. The molecule has 0 aliphatic carbocycles. The molecule has 2 unspecified atom stereocenters. The highest BCUT2D eigenvalue weighted by Crippen LogP contribution is 2.08. The molecule has 1 aromatic carbocycles. The summed E-state index contributed by atoms with van der Waals surface area (Å²) in [4.78, 5) is 11.8. The first-order valence-electron chi connectivity index (χ1n) is 5.78. The Labute approximate surface area is 102 Å². The van der Waals surface area contributed by atoms with Gasteiger partial charge in [0.1, 0.15) is 0 Å². The zero-order valence-corrected chi connectivity index (χ0v) is 10.5. The van der Waals surface area contributed by atoms with E-state index in [1.807, 2.05) is 31.2 Å². The SMILES string of the molecule is Cc1ccc(NC(=O)C(C)NCC(C)O)cc1. The molecule has 0 aromatic heterocycles. The van der Waals surface area contributed by atoms with Crippen LogP contribution in [0.25, 0.3) is 0 Å². The van der Waals surface area contributed by atoms with Crippen molar-refractivity contribution in [1.29, 1.82) is 0 Å². The Hall–Kier alpha value is -1.39. The molecule has 94 valence electrons. The van der Waals surface area contributed by atoms with E-state index in [1.54, 1.807) is 13.8 Å². The summed E-state index contributed by atoms with van der Waals surface area (Å²) < 4.78 is 0. The minimum absolute atomic E-state index is 0.102. The first-order chi connectivity index (χ1) is 7.99. The van der Waals surface area contributed by atoms with Gasteiger partial charge in [-0.15, -0.1) is 0 Å². The second kappa shape index (κ2) is 6.37. The van der Waals surface area contributed by atoms with Gasteiger partial charge < -0.3 is 15.7 Å². The van der Waals surface area contributed by atoms with Gasteiger partial charge in [0.15, 0.2) is 0 Å². The van der Waals surface area contributed by atoms with Gasteiger partial charge >= 0.3 is 0 Å². The molecular weight excluding hydrogens is 216 g/mol. The van der Waals surface area contributed by atoms with E-state index in [0.717, 1.165) is 11.3 Å². The predicted molar refractivity (Wildman–Crippen MR) is 69.0 cm³/mol. The van der Waals surface area contributed by atoms with Crippen LogP contribution in [0.2, 0.25) is 0 Å². The fourth-order valence-corrected chi connectivity index (χ4v) is 1.33. The number of hydrogen-bond acceptors (Lipinski definition) is 3. The first-order valence-corrected chi connectivity index (χ1v) is 5.78. The molecule has 0 aliphatic heterocycles. The van der Waals surface area contributed by atoms with Gasteiger partial charge in [0.25, 0.3) is 0 Å². The Bertz CT molecular complexity index is 360. The quantitative estimate of drug-likeness (QED) is 0.722. The van der Waals surface area contributed by atoms with Gasteiger partial charge in [-0.1, -0.05) is 17.7 Å². The van der Waals surface area contributed by atoms with E-state index in [1.165, 1.54) is 0 Å². The molecule has 0 spiro atoms. The van der Waals surface area contributed by atoms with E-state index in [0.29, 0.717) is 6.54 Å². The molecule has 0 radical (unpaired) electrons. The van der Waals surface area contributed by atoms with Crippen LogP contribution in [-0.2, 0) is 4.79 Å². The van der Waals surface area contributed by atoms with Crippen LogP contribution in [0.5, 0.6) is 0 Å². The monoisotopic (exact) mass is 236 g/mol. The Morgan fingerprint density at radius 2 is 1.88 bits per heavy atom. The van der Waals surface area contributed by atoms with Crippen molar-refractivity contribution in [3.63, 3.8) is 0 Å². The standard InChI is InChI=1S/C13H20N2O2/c1-9-4-6-12(7-5-9)15-13(17)11(3)14-8-10(2)16/h4-7,10-11,14,16H,8H2,1-3H3,(H,15,17). The molecule has 0 saturated carbocycles. The van der Waals surface area contributed by atoms with Crippen LogP contribution < -0.4 is 10.6 Å². The number of rotatable bonds is 5. The van der Waals surface area contributed by atoms with Crippen LogP contribution in [0.3, 0.4) is 0 Å². The van der Waals surface area contributed by atoms with Crippen molar-refractivity contribution in [2.45, 2.75) is 32.9 Å². The number of anilines is 1. The third kappa shape index (κ3) is 4.97. The minimum atomic E-state index is -0.454. The van der Waals surface area contributed by atoms with Gasteiger partial charge in [-0.3, -0.25) is 4.79 Å². The van der Waals surface area contributed by atoms with Crippen LogP contribution in [0.4, 0.5) is 5.69 Å². The van der Waals surface area contributed by atoms with Crippen molar-refractivity contribution in [3.8, 4) is 0 Å². The third-order valence-electron chi connectivity index (χ3n) is 2.43. The summed E-state index contributed by atoms with van der Waals surface area (Å²) in [5.41, 5.74) is 1.94. The van der Waals surface area contributed by atoms with Crippen LogP contribution in [0.15, 0.2) is 24.3 Å². The van der Waals surface area contributed by atoms with Gasteiger partial charge in [0.2, 0.25) is 5.91 Å². The van der Waals surface area contributed by atoms with E-state index in [9.17, 15) is 4.79 Å². The van der Waals surface area contributed by atoms with Crippen molar-refractivity contribution in [3.05, 3.63) is 29.8 Å². The number of carbonyl (C=O) groups excluding carboxylic acids is 1. The lowest BCUT2D eigenvalue weighted by molar-refractivity contribution is -0.117. The van der Waals surface area contributed by atoms with Gasteiger partial charge in [0.05, 0.1) is 12.1 Å². The molecule has 2 atom stereocenters. The van der Waals surface area contributed by atoms with Gasteiger partial charge in [-0.2, -0.15) is 0 Å². The average molecular weight is 236 g/mol. The van der Waals surface area contributed by atoms with Crippen LogP contribution in [0, 0.1) is 6.92 Å². The molecule has 0 fully saturated rings. The van der Waals surface area contributed by atoms with Gasteiger partial charge in [-0.05, 0) is 32.9 Å². The van der Waals surface area contributed by atoms with E-state index in [-0.39, 0.29) is 11.9 Å². The van der Waals surface area contributed by atoms with E-state index in [2.05, 4.69) is 10.6 Å². The minimum Gasteiger partial charge on any atom is -0.392 e. The lowest BCUT2D eigenvalue weighted by Gasteiger charge is -2.15. The fraction of sp³-hybridized carbons (Fsp3) is 0.462. The summed E-state index contributed by atoms with van der Waals surface area (Å²) in [7, 11) is 0. The molecule has 1 amide bonds. The maximum absolute atomic E-state index is 11.8. The highest BCUT2D eigenvalue weighted by molar-refractivity contribution is 5.94. The maximum Gasteiger partial charge on any atom is 0.241 e. The number of amides is 1. The molecule has 1 aromatic rings. The van der Waals surface area contributed by atoms with Crippen molar-refractivity contribution < 1.29 is 9.90 Å². The second-order valence-electron chi connectivity index (χ2n) is 4.33. The van der Waals surface area contributed by atoms with Crippen molar-refractivity contribution in [1.82, 2.24) is 5.32 Å². The number of carbonyl (C=O) groups is 1. The van der Waals surface area contributed by atoms with Crippen molar-refractivity contribution >= 4 is 11.6 Å². The highest BCUT2D eigenvalue weighted by Gasteiger charge is 2.12. The molecule has 1 rings (SSSR count). The smallest absolute Gasteiger partial charge is 0.241 e. The summed E-state index contributed by atoms with van der Waals surface area (Å²) in [5.74, 6) is -0.102.